The van der Waals surface area contributed by atoms with Crippen LogP contribution in [0.25, 0.3) is 0 Å². The van der Waals surface area contributed by atoms with Crippen LogP contribution in [0.15, 0.2) is 12.4 Å². The van der Waals surface area contributed by atoms with Crippen molar-refractivity contribution in [1.82, 2.24) is 9.78 Å². The van der Waals surface area contributed by atoms with E-state index in [9.17, 15) is 5.11 Å². The first-order valence-corrected chi connectivity index (χ1v) is 4.63. The second kappa shape index (κ2) is 3.50. The summed E-state index contributed by atoms with van der Waals surface area (Å²) in [6.45, 7) is 6.04. The van der Waals surface area contributed by atoms with E-state index in [1.165, 1.54) is 0 Å². The summed E-state index contributed by atoms with van der Waals surface area (Å²) < 4.78 is 1.71. The molecule has 1 unspecified atom stereocenters. The average molecular weight is 182 g/mol. The molecule has 0 aliphatic carbocycles. The molecule has 0 spiro atoms. The molecule has 3 heteroatoms. The van der Waals surface area contributed by atoms with Crippen LogP contribution in [0.1, 0.15) is 32.8 Å². The van der Waals surface area contributed by atoms with E-state index in [0.29, 0.717) is 5.92 Å². The molecule has 0 fully saturated rings. The molecule has 0 saturated carbocycles. The number of nitrogens with zero attached hydrogens (tertiary/aromatic N) is 2. The minimum atomic E-state index is -0.748. The van der Waals surface area contributed by atoms with E-state index in [0.717, 1.165) is 12.0 Å². The van der Waals surface area contributed by atoms with Gasteiger partial charge in [0.15, 0.2) is 0 Å². The molecule has 3 nitrogen and oxygen atoms in total. The maximum atomic E-state index is 10.1. The Balaban J connectivity index is 2.80. The van der Waals surface area contributed by atoms with E-state index in [2.05, 4.69) is 18.9 Å². The second-order valence-corrected chi connectivity index (χ2v) is 4.27. The first-order valence-electron chi connectivity index (χ1n) is 4.63. The summed E-state index contributed by atoms with van der Waals surface area (Å²) in [6, 6.07) is 0. The second-order valence-electron chi connectivity index (χ2n) is 4.27. The molecule has 74 valence electrons. The predicted octanol–water partition coefficient (Wildman–Crippen LogP) is 1.67. The van der Waals surface area contributed by atoms with Crippen LogP contribution >= 0.6 is 0 Å². The zero-order valence-corrected chi connectivity index (χ0v) is 8.78. The number of aliphatic hydroxyl groups is 1. The summed E-state index contributed by atoms with van der Waals surface area (Å²) in [5, 5.41) is 14.2. The Morgan fingerprint density at radius 3 is 2.62 bits per heavy atom. The first kappa shape index (κ1) is 10.3. The molecule has 0 bridgehead atoms. The van der Waals surface area contributed by atoms with Gasteiger partial charge in [-0.1, -0.05) is 13.8 Å². The molecule has 1 atom stereocenters. The molecule has 0 amide bonds. The maximum Gasteiger partial charge on any atom is 0.0901 e. The third-order valence-corrected chi connectivity index (χ3v) is 2.13. The normalized spacial score (nSPS) is 16.2. The Labute approximate surface area is 79.4 Å². The molecular formula is C10H18N2O. The Kier molecular flexibility index (Phi) is 2.76. The summed E-state index contributed by atoms with van der Waals surface area (Å²) in [6.07, 6.45) is 4.35. The monoisotopic (exact) mass is 182 g/mol. The largest absolute Gasteiger partial charge is 0.385 e. The van der Waals surface area contributed by atoms with Gasteiger partial charge in [0.1, 0.15) is 0 Å². The SMILES string of the molecule is CC(C)CC(C)(O)c1cnn(C)c1. The van der Waals surface area contributed by atoms with Gasteiger partial charge in [-0.05, 0) is 19.3 Å². The number of aryl methyl sites for hydroxylation is 1. The van der Waals surface area contributed by atoms with Crippen LogP contribution in [0.5, 0.6) is 0 Å². The fourth-order valence-electron chi connectivity index (χ4n) is 1.61. The average Bonchev–Trinajstić information content (AvgIpc) is 2.32. The van der Waals surface area contributed by atoms with Gasteiger partial charge in [0.2, 0.25) is 0 Å². The fourth-order valence-corrected chi connectivity index (χ4v) is 1.61. The summed E-state index contributed by atoms with van der Waals surface area (Å²) in [7, 11) is 1.86. The summed E-state index contributed by atoms with van der Waals surface area (Å²) >= 11 is 0. The summed E-state index contributed by atoms with van der Waals surface area (Å²) in [5.41, 5.74) is 0.145. The molecule has 0 aromatic carbocycles. The Morgan fingerprint density at radius 2 is 2.23 bits per heavy atom. The minimum Gasteiger partial charge on any atom is -0.385 e. The van der Waals surface area contributed by atoms with Gasteiger partial charge in [0.25, 0.3) is 0 Å². The number of aromatic nitrogens is 2. The molecular weight excluding hydrogens is 164 g/mol. The summed E-state index contributed by atoms with van der Waals surface area (Å²) in [4.78, 5) is 0. The van der Waals surface area contributed by atoms with Crippen molar-refractivity contribution in [1.29, 1.82) is 0 Å². The van der Waals surface area contributed by atoms with E-state index in [1.54, 1.807) is 10.9 Å². The maximum absolute atomic E-state index is 10.1. The molecule has 1 aromatic heterocycles. The minimum absolute atomic E-state index is 0.482. The van der Waals surface area contributed by atoms with Gasteiger partial charge in [0, 0.05) is 18.8 Å². The topological polar surface area (TPSA) is 38.1 Å². The van der Waals surface area contributed by atoms with Crippen molar-refractivity contribution in [3.8, 4) is 0 Å². The Bertz CT molecular complexity index is 276. The van der Waals surface area contributed by atoms with E-state index in [4.69, 9.17) is 0 Å². The van der Waals surface area contributed by atoms with E-state index < -0.39 is 5.60 Å². The van der Waals surface area contributed by atoms with Crippen LogP contribution < -0.4 is 0 Å². The lowest BCUT2D eigenvalue weighted by atomic mass is 9.89. The number of rotatable bonds is 3. The quantitative estimate of drug-likeness (QED) is 0.772. The molecule has 1 N–H and O–H groups in total. The molecule has 0 saturated heterocycles. The molecule has 1 aromatic rings. The first-order chi connectivity index (χ1) is 5.92. The molecule has 13 heavy (non-hydrogen) atoms. The van der Waals surface area contributed by atoms with Gasteiger partial charge < -0.3 is 5.11 Å². The summed E-state index contributed by atoms with van der Waals surface area (Å²) in [5.74, 6) is 0.482. The molecule has 1 heterocycles. The molecule has 0 aliphatic heterocycles. The van der Waals surface area contributed by atoms with Crippen LogP contribution in [-0.4, -0.2) is 14.9 Å². The highest BCUT2D eigenvalue weighted by atomic mass is 16.3. The zero-order valence-electron chi connectivity index (χ0n) is 8.78. The smallest absolute Gasteiger partial charge is 0.0901 e. The van der Waals surface area contributed by atoms with Gasteiger partial charge >= 0.3 is 0 Å². The van der Waals surface area contributed by atoms with Crippen molar-refractivity contribution >= 4 is 0 Å². The Hall–Kier alpha value is -0.830. The van der Waals surface area contributed by atoms with Crippen LogP contribution in [0, 0.1) is 5.92 Å². The van der Waals surface area contributed by atoms with Gasteiger partial charge in [-0.15, -0.1) is 0 Å². The lowest BCUT2D eigenvalue weighted by molar-refractivity contribution is 0.0348. The van der Waals surface area contributed by atoms with Crippen molar-refractivity contribution in [2.45, 2.75) is 32.8 Å². The molecule has 1 rings (SSSR count). The van der Waals surface area contributed by atoms with Gasteiger partial charge in [-0.3, -0.25) is 4.68 Å². The van der Waals surface area contributed by atoms with Crippen molar-refractivity contribution in [3.63, 3.8) is 0 Å². The molecule has 0 radical (unpaired) electrons. The lowest BCUT2D eigenvalue weighted by Gasteiger charge is -2.23. The third kappa shape index (κ3) is 2.56. The van der Waals surface area contributed by atoms with E-state index in [-0.39, 0.29) is 0 Å². The van der Waals surface area contributed by atoms with Crippen LogP contribution in [0.3, 0.4) is 0 Å². The highest BCUT2D eigenvalue weighted by Gasteiger charge is 2.25. The number of hydrogen-bond acceptors (Lipinski definition) is 2. The fraction of sp³-hybridized carbons (Fsp3) is 0.700. The molecule has 0 aliphatic rings. The van der Waals surface area contributed by atoms with Crippen LogP contribution in [0.4, 0.5) is 0 Å². The van der Waals surface area contributed by atoms with Crippen molar-refractivity contribution in [2.75, 3.05) is 0 Å². The van der Waals surface area contributed by atoms with E-state index in [1.807, 2.05) is 20.2 Å². The Morgan fingerprint density at radius 1 is 1.62 bits per heavy atom. The van der Waals surface area contributed by atoms with Crippen molar-refractivity contribution < 1.29 is 5.11 Å². The van der Waals surface area contributed by atoms with Crippen LogP contribution in [0.2, 0.25) is 0 Å². The highest BCUT2D eigenvalue weighted by molar-refractivity contribution is 5.13. The number of hydrogen-bond donors (Lipinski definition) is 1. The van der Waals surface area contributed by atoms with Crippen molar-refractivity contribution in [2.24, 2.45) is 13.0 Å². The predicted molar refractivity (Wildman–Crippen MR) is 52.2 cm³/mol. The lowest BCUT2D eigenvalue weighted by Crippen LogP contribution is -2.22. The van der Waals surface area contributed by atoms with Gasteiger partial charge in [-0.2, -0.15) is 5.10 Å². The third-order valence-electron chi connectivity index (χ3n) is 2.13. The van der Waals surface area contributed by atoms with Crippen molar-refractivity contribution in [3.05, 3.63) is 18.0 Å². The van der Waals surface area contributed by atoms with Gasteiger partial charge in [-0.25, -0.2) is 0 Å². The van der Waals surface area contributed by atoms with Gasteiger partial charge in [0.05, 0.1) is 11.8 Å². The standard InChI is InChI=1S/C10H18N2O/c1-8(2)5-10(3,13)9-6-11-12(4)7-9/h6-8,13H,5H2,1-4H3. The highest BCUT2D eigenvalue weighted by Crippen LogP contribution is 2.27. The van der Waals surface area contributed by atoms with Crippen LogP contribution in [-0.2, 0) is 12.6 Å². The zero-order chi connectivity index (χ0) is 10.1. The van der Waals surface area contributed by atoms with E-state index >= 15 is 0 Å².